The van der Waals surface area contributed by atoms with E-state index in [-0.39, 0.29) is 36.7 Å². The molecule has 1 aromatic carbocycles. The summed E-state index contributed by atoms with van der Waals surface area (Å²) in [5, 5.41) is 11.4. The lowest BCUT2D eigenvalue weighted by atomic mass is 10.2. The van der Waals surface area contributed by atoms with Crippen LogP contribution in [0.25, 0.3) is 0 Å². The van der Waals surface area contributed by atoms with E-state index >= 15 is 0 Å². The fraction of sp³-hybridized carbons (Fsp3) is 0.429. The first-order valence-electron chi connectivity index (χ1n) is 6.90. The Morgan fingerprint density at radius 1 is 1.36 bits per heavy atom. The predicted octanol–water partition coefficient (Wildman–Crippen LogP) is 0.213. The zero-order chi connectivity index (χ0) is 16.3. The van der Waals surface area contributed by atoms with Gasteiger partial charge in [0.15, 0.2) is 0 Å². The zero-order valence-electron chi connectivity index (χ0n) is 12.2. The van der Waals surface area contributed by atoms with Crippen LogP contribution in [0.4, 0.5) is 0 Å². The van der Waals surface area contributed by atoms with E-state index in [4.69, 9.17) is 5.11 Å². The third-order valence-electron chi connectivity index (χ3n) is 3.51. The molecule has 8 heteroatoms. The summed E-state index contributed by atoms with van der Waals surface area (Å²) in [6.07, 6.45) is -0.0325. The highest BCUT2D eigenvalue weighted by Crippen LogP contribution is 2.21. The minimum absolute atomic E-state index is 0.0998. The third-order valence-corrected chi connectivity index (χ3v) is 5.54. The zero-order valence-corrected chi connectivity index (χ0v) is 13.0. The third kappa shape index (κ3) is 3.63. The van der Waals surface area contributed by atoms with Gasteiger partial charge in [0.25, 0.3) is 0 Å². The van der Waals surface area contributed by atoms with Crippen LogP contribution >= 0.6 is 0 Å². The van der Waals surface area contributed by atoms with Gasteiger partial charge in [0.05, 0.1) is 11.3 Å². The summed E-state index contributed by atoms with van der Waals surface area (Å²) in [7, 11) is -3.71. The van der Waals surface area contributed by atoms with Crippen molar-refractivity contribution < 1.29 is 23.1 Å². The maximum atomic E-state index is 12.7. The van der Waals surface area contributed by atoms with Crippen LogP contribution in [0.1, 0.15) is 18.9 Å². The van der Waals surface area contributed by atoms with Crippen LogP contribution in [-0.4, -0.2) is 48.8 Å². The molecule has 0 spiro atoms. The largest absolute Gasteiger partial charge is 0.481 e. The van der Waals surface area contributed by atoms with Gasteiger partial charge in [0.1, 0.15) is 0 Å². The Labute approximate surface area is 129 Å². The summed E-state index contributed by atoms with van der Waals surface area (Å²) in [6, 6.07) is 5.37. The monoisotopic (exact) mass is 326 g/mol. The number of amides is 1. The van der Waals surface area contributed by atoms with Crippen molar-refractivity contribution in [2.45, 2.75) is 30.7 Å². The van der Waals surface area contributed by atoms with Crippen molar-refractivity contribution in [3.63, 3.8) is 0 Å². The number of sulfonamides is 1. The first-order valence-corrected chi connectivity index (χ1v) is 8.34. The highest BCUT2D eigenvalue weighted by atomic mass is 32.2. The maximum Gasteiger partial charge on any atom is 0.307 e. The molecule has 1 heterocycles. The normalized spacial score (nSPS) is 20.2. The molecular weight excluding hydrogens is 308 g/mol. The molecule has 22 heavy (non-hydrogen) atoms. The van der Waals surface area contributed by atoms with Gasteiger partial charge < -0.3 is 10.4 Å². The lowest BCUT2D eigenvalue weighted by molar-refractivity contribution is -0.136. The van der Waals surface area contributed by atoms with E-state index in [1.807, 2.05) is 0 Å². The van der Waals surface area contributed by atoms with E-state index in [1.165, 1.54) is 28.6 Å². The standard InChI is InChI=1S/C14H18N2O5S/c1-10-8-13(17)15-6-7-16(10)22(20,21)12-4-2-11(3-5-12)9-14(18)19/h2-5,10H,6-9H2,1H3,(H,15,17)(H,18,19). The number of hydrogen-bond acceptors (Lipinski definition) is 4. The van der Waals surface area contributed by atoms with Crippen molar-refractivity contribution >= 4 is 21.9 Å². The Balaban J connectivity index is 2.25. The Morgan fingerprint density at radius 3 is 2.59 bits per heavy atom. The van der Waals surface area contributed by atoms with Gasteiger partial charge in [-0.05, 0) is 24.6 Å². The smallest absolute Gasteiger partial charge is 0.307 e. The number of hydrogen-bond donors (Lipinski definition) is 2. The fourth-order valence-corrected chi connectivity index (χ4v) is 4.05. The Hall–Kier alpha value is -1.93. The molecule has 1 aliphatic rings. The molecule has 0 aliphatic carbocycles. The number of carbonyl (C=O) groups is 2. The number of benzene rings is 1. The lowest BCUT2D eigenvalue weighted by Crippen LogP contribution is -2.39. The van der Waals surface area contributed by atoms with Crippen LogP contribution in [0.2, 0.25) is 0 Å². The summed E-state index contributed by atoms with van der Waals surface area (Å²) < 4.78 is 26.6. The molecule has 1 fully saturated rings. The summed E-state index contributed by atoms with van der Waals surface area (Å²) >= 11 is 0. The van der Waals surface area contributed by atoms with Crippen LogP contribution in [0.5, 0.6) is 0 Å². The van der Waals surface area contributed by atoms with Crippen LogP contribution in [0.15, 0.2) is 29.2 Å². The van der Waals surface area contributed by atoms with Gasteiger partial charge in [-0.2, -0.15) is 4.31 Å². The number of carbonyl (C=O) groups excluding carboxylic acids is 1. The van der Waals surface area contributed by atoms with Crippen LogP contribution < -0.4 is 5.32 Å². The van der Waals surface area contributed by atoms with Crippen molar-refractivity contribution in [2.24, 2.45) is 0 Å². The number of aliphatic carboxylic acids is 1. The summed E-state index contributed by atoms with van der Waals surface area (Å²) in [5.74, 6) is -1.14. The van der Waals surface area contributed by atoms with Gasteiger partial charge in [-0.25, -0.2) is 8.42 Å². The quantitative estimate of drug-likeness (QED) is 0.823. The van der Waals surface area contributed by atoms with Crippen molar-refractivity contribution in [1.29, 1.82) is 0 Å². The van der Waals surface area contributed by atoms with E-state index in [0.717, 1.165) is 0 Å². The van der Waals surface area contributed by atoms with Gasteiger partial charge in [0, 0.05) is 25.6 Å². The summed E-state index contributed by atoms with van der Waals surface area (Å²) in [6.45, 7) is 2.19. The number of nitrogens with one attached hydrogen (secondary N) is 1. The molecule has 7 nitrogen and oxygen atoms in total. The average molecular weight is 326 g/mol. The van der Waals surface area contributed by atoms with E-state index in [2.05, 4.69) is 5.32 Å². The molecule has 1 aliphatic heterocycles. The predicted molar refractivity (Wildman–Crippen MR) is 78.8 cm³/mol. The molecular formula is C14H18N2O5S. The fourth-order valence-electron chi connectivity index (χ4n) is 2.41. The molecule has 1 aromatic rings. The first-order chi connectivity index (χ1) is 10.3. The van der Waals surface area contributed by atoms with Crippen LogP contribution in [0, 0.1) is 0 Å². The van der Waals surface area contributed by atoms with Crippen molar-refractivity contribution in [3.05, 3.63) is 29.8 Å². The van der Waals surface area contributed by atoms with Gasteiger partial charge in [-0.3, -0.25) is 9.59 Å². The van der Waals surface area contributed by atoms with Crippen molar-refractivity contribution in [3.8, 4) is 0 Å². The van der Waals surface area contributed by atoms with E-state index in [1.54, 1.807) is 6.92 Å². The average Bonchev–Trinajstić information content (AvgIpc) is 2.59. The molecule has 0 aromatic heterocycles. The maximum absolute atomic E-state index is 12.7. The van der Waals surface area contributed by atoms with Gasteiger partial charge in [-0.1, -0.05) is 12.1 Å². The highest BCUT2D eigenvalue weighted by Gasteiger charge is 2.31. The second kappa shape index (κ2) is 6.45. The minimum atomic E-state index is -3.71. The molecule has 1 atom stereocenters. The van der Waals surface area contributed by atoms with E-state index in [0.29, 0.717) is 5.56 Å². The number of carboxylic acids is 1. The molecule has 1 unspecified atom stereocenters. The molecule has 0 saturated carbocycles. The van der Waals surface area contributed by atoms with E-state index < -0.39 is 22.0 Å². The Morgan fingerprint density at radius 2 is 2.00 bits per heavy atom. The summed E-state index contributed by atoms with van der Waals surface area (Å²) in [5.41, 5.74) is 0.534. The molecule has 2 rings (SSSR count). The van der Waals surface area contributed by atoms with E-state index in [9.17, 15) is 18.0 Å². The van der Waals surface area contributed by atoms with Crippen molar-refractivity contribution in [2.75, 3.05) is 13.1 Å². The molecule has 0 bridgehead atoms. The molecule has 2 N–H and O–H groups in total. The lowest BCUT2D eigenvalue weighted by Gasteiger charge is -2.25. The van der Waals surface area contributed by atoms with Gasteiger partial charge in [-0.15, -0.1) is 0 Å². The first kappa shape index (κ1) is 16.4. The number of rotatable bonds is 4. The SMILES string of the molecule is CC1CC(=O)NCCN1S(=O)(=O)c1ccc(CC(=O)O)cc1. The Bertz CT molecular complexity index is 669. The molecule has 1 amide bonds. The van der Waals surface area contributed by atoms with Crippen LogP contribution in [0.3, 0.4) is 0 Å². The second-order valence-electron chi connectivity index (χ2n) is 5.23. The molecule has 1 saturated heterocycles. The van der Waals surface area contributed by atoms with Crippen LogP contribution in [-0.2, 0) is 26.0 Å². The summed E-state index contributed by atoms with van der Waals surface area (Å²) in [4.78, 5) is 22.2. The number of carboxylic acid groups (broad SMARTS) is 1. The minimum Gasteiger partial charge on any atom is -0.481 e. The topological polar surface area (TPSA) is 104 Å². The van der Waals surface area contributed by atoms with Crippen molar-refractivity contribution in [1.82, 2.24) is 9.62 Å². The molecule has 120 valence electrons. The van der Waals surface area contributed by atoms with Gasteiger partial charge in [0.2, 0.25) is 15.9 Å². The molecule has 0 radical (unpaired) electrons. The second-order valence-corrected chi connectivity index (χ2v) is 7.12. The number of nitrogens with zero attached hydrogens (tertiary/aromatic N) is 1. The Kier molecular flexibility index (Phi) is 4.82. The highest BCUT2D eigenvalue weighted by molar-refractivity contribution is 7.89. The van der Waals surface area contributed by atoms with Gasteiger partial charge >= 0.3 is 5.97 Å².